The highest BCUT2D eigenvalue weighted by Crippen LogP contribution is 2.12. The minimum Gasteiger partial charge on any atom is -0.479 e. The fraction of sp³-hybridized carbons (Fsp3) is 0.143. The van der Waals surface area contributed by atoms with Gasteiger partial charge in [0.15, 0.2) is 6.04 Å². The van der Waals surface area contributed by atoms with Gasteiger partial charge in [-0.15, -0.1) is 11.3 Å². The molecule has 104 valence electrons. The number of carbonyl (C=O) groups excluding carboxylic acids is 1. The number of carbonyl (C=O) groups is 2. The molecule has 0 saturated carbocycles. The smallest absolute Gasteiger partial charge is 0.330 e. The zero-order chi connectivity index (χ0) is 14.4. The lowest BCUT2D eigenvalue weighted by molar-refractivity contribution is -0.139. The van der Waals surface area contributed by atoms with Crippen LogP contribution in [0, 0.1) is 0 Å². The van der Waals surface area contributed by atoms with E-state index in [1.54, 1.807) is 30.3 Å². The number of aliphatic carboxylic acids is 1. The number of carboxylic acids is 1. The maximum Gasteiger partial charge on any atom is 0.330 e. The standard InChI is InChI=1S/C14H14N2O3S/c17-13(18)12(10-5-2-1-3-6-10)16-14(19)15-9-11-7-4-8-20-11/h1-8,12H,9H2,(H,17,18)(H2,15,16,19). The van der Waals surface area contributed by atoms with Gasteiger partial charge in [-0.05, 0) is 17.0 Å². The third kappa shape index (κ3) is 3.83. The van der Waals surface area contributed by atoms with Crippen LogP contribution in [-0.2, 0) is 11.3 Å². The van der Waals surface area contributed by atoms with E-state index in [2.05, 4.69) is 10.6 Å². The molecular formula is C14H14N2O3S. The molecule has 2 amide bonds. The van der Waals surface area contributed by atoms with E-state index >= 15 is 0 Å². The van der Waals surface area contributed by atoms with E-state index in [9.17, 15) is 14.7 Å². The highest BCUT2D eigenvalue weighted by Gasteiger charge is 2.21. The molecule has 1 aromatic heterocycles. The zero-order valence-electron chi connectivity index (χ0n) is 10.6. The molecule has 2 aromatic rings. The molecule has 1 atom stereocenters. The van der Waals surface area contributed by atoms with Crippen molar-refractivity contribution in [2.45, 2.75) is 12.6 Å². The van der Waals surface area contributed by atoms with Crippen molar-refractivity contribution >= 4 is 23.3 Å². The van der Waals surface area contributed by atoms with Crippen molar-refractivity contribution in [1.29, 1.82) is 0 Å². The van der Waals surface area contributed by atoms with Crippen molar-refractivity contribution in [3.8, 4) is 0 Å². The number of hydrogen-bond donors (Lipinski definition) is 3. The summed E-state index contributed by atoms with van der Waals surface area (Å²) < 4.78 is 0. The van der Waals surface area contributed by atoms with Gasteiger partial charge in [0.05, 0.1) is 6.54 Å². The molecule has 0 radical (unpaired) electrons. The third-order valence-electron chi connectivity index (χ3n) is 2.66. The predicted molar refractivity (Wildman–Crippen MR) is 76.5 cm³/mol. The first-order valence-corrected chi connectivity index (χ1v) is 6.89. The highest BCUT2D eigenvalue weighted by molar-refractivity contribution is 7.09. The normalized spacial score (nSPS) is 11.6. The second kappa shape index (κ2) is 6.72. The summed E-state index contributed by atoms with van der Waals surface area (Å²) in [6.07, 6.45) is 0. The Morgan fingerprint density at radius 3 is 2.50 bits per heavy atom. The molecule has 1 heterocycles. The van der Waals surface area contributed by atoms with Gasteiger partial charge in [0, 0.05) is 4.88 Å². The van der Waals surface area contributed by atoms with E-state index in [0.717, 1.165) is 4.88 Å². The van der Waals surface area contributed by atoms with Gasteiger partial charge >= 0.3 is 12.0 Å². The first-order chi connectivity index (χ1) is 9.66. The number of benzene rings is 1. The van der Waals surface area contributed by atoms with Gasteiger partial charge in [0.1, 0.15) is 0 Å². The molecule has 6 heteroatoms. The van der Waals surface area contributed by atoms with Crippen molar-refractivity contribution in [3.05, 3.63) is 58.3 Å². The maximum atomic E-state index is 11.7. The van der Waals surface area contributed by atoms with Crippen molar-refractivity contribution in [1.82, 2.24) is 10.6 Å². The van der Waals surface area contributed by atoms with E-state index in [4.69, 9.17) is 0 Å². The van der Waals surface area contributed by atoms with Crippen LogP contribution in [-0.4, -0.2) is 17.1 Å². The van der Waals surface area contributed by atoms with Crippen LogP contribution >= 0.6 is 11.3 Å². The van der Waals surface area contributed by atoms with Gasteiger partial charge in [-0.3, -0.25) is 0 Å². The quantitative estimate of drug-likeness (QED) is 0.791. The van der Waals surface area contributed by atoms with Gasteiger partial charge in [-0.25, -0.2) is 9.59 Å². The summed E-state index contributed by atoms with van der Waals surface area (Å²) in [6, 6.07) is 10.8. The molecule has 0 saturated heterocycles. The molecule has 1 unspecified atom stereocenters. The lowest BCUT2D eigenvalue weighted by atomic mass is 10.1. The molecule has 20 heavy (non-hydrogen) atoms. The summed E-state index contributed by atoms with van der Waals surface area (Å²) in [4.78, 5) is 24.0. The average Bonchev–Trinajstić information content (AvgIpc) is 2.96. The van der Waals surface area contributed by atoms with Crippen molar-refractivity contribution in [2.24, 2.45) is 0 Å². The Balaban J connectivity index is 1.95. The molecule has 0 bridgehead atoms. The molecule has 0 aliphatic carbocycles. The van der Waals surface area contributed by atoms with Crippen LogP contribution in [0.3, 0.4) is 0 Å². The molecular weight excluding hydrogens is 276 g/mol. The minimum atomic E-state index is -1.09. The SMILES string of the molecule is O=C(NCc1cccs1)NC(C(=O)O)c1ccccc1. The lowest BCUT2D eigenvalue weighted by Crippen LogP contribution is -2.40. The molecule has 2 rings (SSSR count). The van der Waals surface area contributed by atoms with E-state index in [1.807, 2.05) is 17.5 Å². The molecule has 0 aliphatic heterocycles. The highest BCUT2D eigenvalue weighted by atomic mass is 32.1. The van der Waals surface area contributed by atoms with Gasteiger partial charge < -0.3 is 15.7 Å². The maximum absolute atomic E-state index is 11.7. The Morgan fingerprint density at radius 2 is 1.90 bits per heavy atom. The summed E-state index contributed by atoms with van der Waals surface area (Å²) in [5.41, 5.74) is 0.534. The number of thiophene rings is 1. The van der Waals surface area contributed by atoms with Crippen LogP contribution in [0.15, 0.2) is 47.8 Å². The molecule has 0 aliphatic rings. The lowest BCUT2D eigenvalue weighted by Gasteiger charge is -2.15. The van der Waals surface area contributed by atoms with Gasteiger partial charge in [0.2, 0.25) is 0 Å². The van der Waals surface area contributed by atoms with E-state index in [-0.39, 0.29) is 0 Å². The van der Waals surface area contributed by atoms with Crippen LogP contribution in [0.25, 0.3) is 0 Å². The summed E-state index contributed by atoms with van der Waals surface area (Å²) in [6.45, 7) is 0.380. The molecule has 3 N–H and O–H groups in total. The number of amides is 2. The Labute approximate surface area is 120 Å². The number of nitrogens with one attached hydrogen (secondary N) is 2. The molecule has 1 aromatic carbocycles. The number of rotatable bonds is 5. The largest absolute Gasteiger partial charge is 0.479 e. The van der Waals surface area contributed by atoms with Crippen LogP contribution in [0.1, 0.15) is 16.5 Å². The summed E-state index contributed by atoms with van der Waals surface area (Å²) in [7, 11) is 0. The average molecular weight is 290 g/mol. The van der Waals surface area contributed by atoms with Gasteiger partial charge in [0.25, 0.3) is 0 Å². The van der Waals surface area contributed by atoms with Gasteiger partial charge in [-0.1, -0.05) is 36.4 Å². The summed E-state index contributed by atoms with van der Waals surface area (Å²) in [5, 5.41) is 16.2. The zero-order valence-corrected chi connectivity index (χ0v) is 11.4. The fourth-order valence-corrected chi connectivity index (χ4v) is 2.34. The van der Waals surface area contributed by atoms with Gasteiger partial charge in [-0.2, -0.15) is 0 Å². The van der Waals surface area contributed by atoms with E-state index in [1.165, 1.54) is 11.3 Å². The third-order valence-corrected chi connectivity index (χ3v) is 3.53. The second-order valence-electron chi connectivity index (χ2n) is 4.09. The van der Waals surface area contributed by atoms with Crippen molar-refractivity contribution < 1.29 is 14.7 Å². The van der Waals surface area contributed by atoms with Crippen LogP contribution in [0.5, 0.6) is 0 Å². The van der Waals surface area contributed by atoms with Crippen LogP contribution in [0.4, 0.5) is 4.79 Å². The summed E-state index contributed by atoms with van der Waals surface area (Å²) in [5.74, 6) is -1.09. The fourth-order valence-electron chi connectivity index (χ4n) is 1.70. The van der Waals surface area contributed by atoms with Crippen molar-refractivity contribution in [2.75, 3.05) is 0 Å². The monoisotopic (exact) mass is 290 g/mol. The molecule has 5 nitrogen and oxygen atoms in total. The Morgan fingerprint density at radius 1 is 1.15 bits per heavy atom. The Kier molecular flexibility index (Phi) is 4.73. The molecule has 0 fully saturated rings. The van der Waals surface area contributed by atoms with Crippen molar-refractivity contribution in [3.63, 3.8) is 0 Å². The summed E-state index contributed by atoms with van der Waals surface area (Å²) >= 11 is 1.53. The van der Waals surface area contributed by atoms with Crippen LogP contribution in [0.2, 0.25) is 0 Å². The predicted octanol–water partition coefficient (Wildman–Crippen LogP) is 2.37. The first kappa shape index (κ1) is 14.1. The van der Waals surface area contributed by atoms with E-state index < -0.39 is 18.0 Å². The Hall–Kier alpha value is -2.34. The minimum absolute atomic E-state index is 0.380. The number of carboxylic acid groups (broad SMARTS) is 1. The first-order valence-electron chi connectivity index (χ1n) is 6.01. The van der Waals surface area contributed by atoms with Crippen LogP contribution < -0.4 is 10.6 Å². The topological polar surface area (TPSA) is 78.4 Å². The number of urea groups is 1. The molecule has 0 spiro atoms. The van der Waals surface area contributed by atoms with E-state index in [0.29, 0.717) is 12.1 Å². The number of hydrogen-bond acceptors (Lipinski definition) is 3. The second-order valence-corrected chi connectivity index (χ2v) is 5.12. The Bertz CT molecular complexity index is 569.